The first-order chi connectivity index (χ1) is 10.8. The highest BCUT2D eigenvalue weighted by molar-refractivity contribution is 5.94. The Hall–Kier alpha value is -2.63. The van der Waals surface area contributed by atoms with E-state index >= 15 is 0 Å². The molecule has 0 unspecified atom stereocenters. The summed E-state index contributed by atoms with van der Waals surface area (Å²) in [5.74, 6) is 1.21. The molecule has 0 atom stereocenters. The number of anilines is 1. The standard InChI is InChI=1S/C16H18N4O2/c21-16(13-6-8-17-9-7-13)19-18-12-14-4-5-15(22-14)20-10-2-1-3-11-20/h4-9,12H,1-3,10-11H2,(H,19,21)/b18-12+. The van der Waals surface area contributed by atoms with E-state index in [1.54, 1.807) is 24.5 Å². The topological polar surface area (TPSA) is 70.7 Å². The summed E-state index contributed by atoms with van der Waals surface area (Å²) < 4.78 is 5.73. The maximum Gasteiger partial charge on any atom is 0.271 e. The minimum Gasteiger partial charge on any atom is -0.440 e. The molecule has 3 rings (SSSR count). The van der Waals surface area contributed by atoms with Crippen LogP contribution in [0.1, 0.15) is 35.4 Å². The van der Waals surface area contributed by atoms with Crippen LogP contribution in [0, 0.1) is 0 Å². The van der Waals surface area contributed by atoms with Gasteiger partial charge >= 0.3 is 0 Å². The smallest absolute Gasteiger partial charge is 0.271 e. The number of rotatable bonds is 4. The molecule has 2 aromatic rings. The lowest BCUT2D eigenvalue weighted by Gasteiger charge is -2.25. The van der Waals surface area contributed by atoms with Gasteiger partial charge in [0.05, 0.1) is 6.21 Å². The molecular weight excluding hydrogens is 280 g/mol. The molecule has 6 nitrogen and oxygen atoms in total. The van der Waals surface area contributed by atoms with Crippen LogP contribution < -0.4 is 10.3 Å². The Morgan fingerprint density at radius 2 is 1.95 bits per heavy atom. The first-order valence-electron chi connectivity index (χ1n) is 7.41. The van der Waals surface area contributed by atoms with Gasteiger partial charge < -0.3 is 9.32 Å². The van der Waals surface area contributed by atoms with Gasteiger partial charge in [-0.3, -0.25) is 9.78 Å². The number of carbonyl (C=O) groups excluding carboxylic acids is 1. The van der Waals surface area contributed by atoms with Crippen molar-refractivity contribution in [3.05, 3.63) is 48.0 Å². The number of hydrogen-bond donors (Lipinski definition) is 1. The van der Waals surface area contributed by atoms with Crippen molar-refractivity contribution in [3.63, 3.8) is 0 Å². The Balaban J connectivity index is 1.57. The van der Waals surface area contributed by atoms with Gasteiger partial charge in [-0.2, -0.15) is 5.10 Å². The zero-order chi connectivity index (χ0) is 15.2. The summed E-state index contributed by atoms with van der Waals surface area (Å²) in [6.07, 6.45) is 8.32. The number of amides is 1. The predicted octanol–water partition coefficient (Wildman–Crippen LogP) is 2.43. The molecule has 6 heteroatoms. The normalized spacial score (nSPS) is 15.2. The Bertz CT molecular complexity index is 645. The van der Waals surface area contributed by atoms with Crippen molar-refractivity contribution < 1.29 is 9.21 Å². The minimum absolute atomic E-state index is 0.276. The number of nitrogens with one attached hydrogen (secondary N) is 1. The number of piperidine rings is 1. The summed E-state index contributed by atoms with van der Waals surface area (Å²) >= 11 is 0. The first-order valence-corrected chi connectivity index (χ1v) is 7.41. The summed E-state index contributed by atoms with van der Waals surface area (Å²) in [6.45, 7) is 2.06. The molecule has 0 spiro atoms. The van der Waals surface area contributed by atoms with Crippen LogP contribution in [0.5, 0.6) is 0 Å². The summed E-state index contributed by atoms with van der Waals surface area (Å²) in [4.78, 5) is 17.9. The van der Waals surface area contributed by atoms with Crippen molar-refractivity contribution in [2.24, 2.45) is 5.10 Å². The van der Waals surface area contributed by atoms with Gasteiger partial charge in [0.25, 0.3) is 5.91 Å². The first kappa shape index (κ1) is 14.3. The van der Waals surface area contributed by atoms with E-state index in [1.807, 2.05) is 12.1 Å². The predicted molar refractivity (Wildman–Crippen MR) is 84.1 cm³/mol. The number of carbonyl (C=O) groups is 1. The lowest BCUT2D eigenvalue weighted by Crippen LogP contribution is -2.28. The van der Waals surface area contributed by atoms with Crippen LogP contribution in [0.4, 0.5) is 5.88 Å². The van der Waals surface area contributed by atoms with Crippen LogP contribution in [-0.2, 0) is 0 Å². The van der Waals surface area contributed by atoms with Gasteiger partial charge in [0.15, 0.2) is 5.88 Å². The molecule has 114 valence electrons. The molecule has 1 N–H and O–H groups in total. The third-order valence-electron chi connectivity index (χ3n) is 3.58. The van der Waals surface area contributed by atoms with E-state index in [0.29, 0.717) is 11.3 Å². The summed E-state index contributed by atoms with van der Waals surface area (Å²) in [5, 5.41) is 3.92. The third-order valence-corrected chi connectivity index (χ3v) is 3.58. The van der Waals surface area contributed by atoms with Gasteiger partial charge in [-0.25, -0.2) is 5.43 Å². The summed E-state index contributed by atoms with van der Waals surface area (Å²) in [7, 11) is 0. The second-order valence-electron chi connectivity index (χ2n) is 5.16. The Morgan fingerprint density at radius 3 is 2.73 bits per heavy atom. The molecule has 0 radical (unpaired) electrons. The van der Waals surface area contributed by atoms with Crippen molar-refractivity contribution in [1.82, 2.24) is 10.4 Å². The van der Waals surface area contributed by atoms with Crippen molar-refractivity contribution in [2.75, 3.05) is 18.0 Å². The van der Waals surface area contributed by atoms with Gasteiger partial charge in [0, 0.05) is 37.1 Å². The zero-order valence-electron chi connectivity index (χ0n) is 12.2. The Morgan fingerprint density at radius 1 is 1.18 bits per heavy atom. The van der Waals surface area contributed by atoms with E-state index in [1.165, 1.54) is 25.5 Å². The molecular formula is C16H18N4O2. The number of hydrazone groups is 1. The number of nitrogens with zero attached hydrogens (tertiary/aromatic N) is 3. The molecule has 0 aromatic carbocycles. The minimum atomic E-state index is -0.276. The van der Waals surface area contributed by atoms with Gasteiger partial charge in [-0.05, 0) is 37.5 Å². The maximum absolute atomic E-state index is 11.8. The fraction of sp³-hybridized carbons (Fsp3) is 0.312. The van der Waals surface area contributed by atoms with Crippen LogP contribution in [-0.4, -0.2) is 30.2 Å². The zero-order valence-corrected chi connectivity index (χ0v) is 12.2. The van der Waals surface area contributed by atoms with Gasteiger partial charge in [-0.1, -0.05) is 0 Å². The number of aromatic nitrogens is 1. The second kappa shape index (κ2) is 6.89. The van der Waals surface area contributed by atoms with Crippen LogP contribution in [0.25, 0.3) is 0 Å². The summed E-state index contributed by atoms with van der Waals surface area (Å²) in [5.41, 5.74) is 2.98. The van der Waals surface area contributed by atoms with E-state index < -0.39 is 0 Å². The van der Waals surface area contributed by atoms with Crippen molar-refractivity contribution in [3.8, 4) is 0 Å². The highest BCUT2D eigenvalue weighted by atomic mass is 16.4. The number of pyridine rings is 1. The van der Waals surface area contributed by atoms with Crippen molar-refractivity contribution >= 4 is 18.0 Å². The molecule has 3 heterocycles. The van der Waals surface area contributed by atoms with Gasteiger partial charge in [0.2, 0.25) is 0 Å². The van der Waals surface area contributed by atoms with Crippen LogP contribution in [0.2, 0.25) is 0 Å². The fourth-order valence-electron chi connectivity index (χ4n) is 2.42. The van der Waals surface area contributed by atoms with Crippen molar-refractivity contribution in [1.29, 1.82) is 0 Å². The van der Waals surface area contributed by atoms with Crippen molar-refractivity contribution in [2.45, 2.75) is 19.3 Å². The molecule has 22 heavy (non-hydrogen) atoms. The van der Waals surface area contributed by atoms with Gasteiger partial charge in [-0.15, -0.1) is 0 Å². The second-order valence-corrected chi connectivity index (χ2v) is 5.16. The lowest BCUT2D eigenvalue weighted by molar-refractivity contribution is 0.0955. The molecule has 2 aromatic heterocycles. The average molecular weight is 298 g/mol. The largest absolute Gasteiger partial charge is 0.440 e. The number of hydrogen-bond acceptors (Lipinski definition) is 5. The molecule has 1 aliphatic rings. The Kier molecular flexibility index (Phi) is 4.48. The summed E-state index contributed by atoms with van der Waals surface area (Å²) in [6, 6.07) is 7.06. The average Bonchev–Trinajstić information content (AvgIpc) is 3.05. The van der Waals surface area contributed by atoms with Crippen LogP contribution >= 0.6 is 0 Å². The van der Waals surface area contributed by atoms with E-state index in [-0.39, 0.29) is 5.91 Å². The maximum atomic E-state index is 11.8. The quantitative estimate of drug-likeness (QED) is 0.695. The molecule has 1 amide bonds. The van der Waals surface area contributed by atoms with E-state index in [9.17, 15) is 4.79 Å². The highest BCUT2D eigenvalue weighted by Gasteiger charge is 2.13. The van der Waals surface area contributed by atoms with E-state index in [4.69, 9.17) is 4.42 Å². The molecule has 1 saturated heterocycles. The highest BCUT2D eigenvalue weighted by Crippen LogP contribution is 2.21. The lowest BCUT2D eigenvalue weighted by atomic mass is 10.1. The fourth-order valence-corrected chi connectivity index (χ4v) is 2.42. The molecule has 0 bridgehead atoms. The molecule has 0 aliphatic carbocycles. The molecule has 1 fully saturated rings. The molecule has 1 aliphatic heterocycles. The van der Waals surface area contributed by atoms with Crippen LogP contribution in [0.15, 0.2) is 46.2 Å². The molecule has 0 saturated carbocycles. The van der Waals surface area contributed by atoms with E-state index in [2.05, 4.69) is 20.4 Å². The third kappa shape index (κ3) is 3.52. The monoisotopic (exact) mass is 298 g/mol. The number of furan rings is 1. The SMILES string of the molecule is O=C(N/N=C/c1ccc(N2CCCCC2)o1)c1ccncc1. The van der Waals surface area contributed by atoms with E-state index in [0.717, 1.165) is 19.0 Å². The Labute approximate surface area is 128 Å². The van der Waals surface area contributed by atoms with Gasteiger partial charge in [0.1, 0.15) is 5.76 Å². The van der Waals surface area contributed by atoms with Crippen LogP contribution in [0.3, 0.4) is 0 Å².